The Morgan fingerprint density at radius 3 is 2.59 bits per heavy atom. The third-order valence-corrected chi connectivity index (χ3v) is 4.62. The Kier molecular flexibility index (Phi) is 5.46. The number of rotatable bonds is 5. The van der Waals surface area contributed by atoms with E-state index >= 15 is 0 Å². The van der Waals surface area contributed by atoms with E-state index in [4.69, 9.17) is 5.26 Å². The second-order valence-electron chi connectivity index (χ2n) is 6.96. The van der Waals surface area contributed by atoms with E-state index < -0.39 is 0 Å². The number of hydrogen-bond donors (Lipinski definition) is 1. The van der Waals surface area contributed by atoms with Crippen LogP contribution in [-0.2, 0) is 9.59 Å². The second kappa shape index (κ2) is 7.96. The molecule has 7 nitrogen and oxygen atoms in total. The summed E-state index contributed by atoms with van der Waals surface area (Å²) in [6.07, 6.45) is 0.130. The lowest BCUT2D eigenvalue weighted by Crippen LogP contribution is -2.23. The number of carbonyl (C=O) groups is 2. The number of benzene rings is 1. The zero-order valence-electron chi connectivity index (χ0n) is 15.3. The summed E-state index contributed by atoms with van der Waals surface area (Å²) in [5.74, 6) is 0.416. The number of amides is 1. The van der Waals surface area contributed by atoms with Crippen LogP contribution in [0.25, 0.3) is 0 Å². The van der Waals surface area contributed by atoms with Crippen molar-refractivity contribution in [2.24, 2.45) is 5.92 Å². The minimum Gasteiger partial charge on any atom is -0.347 e. The van der Waals surface area contributed by atoms with Crippen LogP contribution in [-0.4, -0.2) is 35.0 Å². The summed E-state index contributed by atoms with van der Waals surface area (Å²) < 4.78 is 0. The molecule has 0 spiro atoms. The van der Waals surface area contributed by atoms with Crippen LogP contribution in [0.15, 0.2) is 36.4 Å². The maximum atomic E-state index is 12.3. The van der Waals surface area contributed by atoms with Gasteiger partial charge in [0.15, 0.2) is 17.3 Å². The lowest BCUT2D eigenvalue weighted by Gasteiger charge is -2.15. The van der Waals surface area contributed by atoms with Crippen molar-refractivity contribution in [3.05, 3.63) is 47.7 Å². The molecule has 1 aromatic heterocycles. The molecular formula is C20H21N5O2. The smallest absolute Gasteiger partial charge is 0.225 e. The van der Waals surface area contributed by atoms with E-state index in [-0.39, 0.29) is 36.3 Å². The number of anilines is 2. The zero-order valence-corrected chi connectivity index (χ0v) is 15.3. The van der Waals surface area contributed by atoms with Crippen LogP contribution < -0.4 is 10.2 Å². The van der Waals surface area contributed by atoms with Gasteiger partial charge < -0.3 is 10.2 Å². The van der Waals surface area contributed by atoms with Gasteiger partial charge in [0.2, 0.25) is 5.91 Å². The fourth-order valence-electron chi connectivity index (χ4n) is 3.04. The lowest BCUT2D eigenvalue weighted by molar-refractivity contribution is -0.124. The Hall–Kier alpha value is -3.27. The number of Topliss-reactive ketones (excluding diaryl/α,β-unsaturated/α-hetero) is 1. The third-order valence-electron chi connectivity index (χ3n) is 4.62. The predicted molar refractivity (Wildman–Crippen MR) is 101 cm³/mol. The molecule has 0 saturated carbocycles. The predicted octanol–water partition coefficient (Wildman–Crippen LogP) is 2.51. The quantitative estimate of drug-likeness (QED) is 0.876. The van der Waals surface area contributed by atoms with Crippen LogP contribution in [0, 0.1) is 17.2 Å². The van der Waals surface area contributed by atoms with E-state index in [9.17, 15) is 9.59 Å². The van der Waals surface area contributed by atoms with E-state index in [0.717, 1.165) is 5.69 Å². The average Bonchev–Trinajstić information content (AvgIpc) is 3.02. The van der Waals surface area contributed by atoms with E-state index in [1.54, 1.807) is 17.0 Å². The summed E-state index contributed by atoms with van der Waals surface area (Å²) in [5.41, 5.74) is 2.16. The maximum Gasteiger partial charge on any atom is 0.225 e. The molecule has 1 aromatic carbocycles. The first-order valence-electron chi connectivity index (χ1n) is 8.87. The van der Waals surface area contributed by atoms with Crippen LogP contribution in [0.4, 0.5) is 11.5 Å². The Bertz CT molecular complexity index is 869. The minimum atomic E-state index is -0.377. The highest BCUT2D eigenvalue weighted by Gasteiger charge is 2.33. The minimum absolute atomic E-state index is 0.00599. The number of hydrogen-bond acceptors (Lipinski definition) is 6. The maximum absolute atomic E-state index is 12.3. The third kappa shape index (κ3) is 4.47. The standard InChI is InChI=1S/C20H21N5O2/c1-13(2)14-3-5-16(6-4-14)22-20(27)9-15-11-25(12-18(15)26)19-8-7-17(10-21)23-24-19/h3-8,13,15H,9,11-12H2,1-2H3,(H,22,27). The molecule has 1 N–H and O–H groups in total. The van der Waals surface area contributed by atoms with Crippen molar-refractivity contribution in [1.29, 1.82) is 5.26 Å². The molecule has 1 atom stereocenters. The van der Waals surface area contributed by atoms with Crippen molar-refractivity contribution in [3.8, 4) is 6.07 Å². The average molecular weight is 363 g/mol. The number of ketones is 1. The van der Waals surface area contributed by atoms with Gasteiger partial charge in [-0.15, -0.1) is 10.2 Å². The van der Waals surface area contributed by atoms with E-state index in [2.05, 4.69) is 29.4 Å². The zero-order chi connectivity index (χ0) is 19.4. The van der Waals surface area contributed by atoms with Crippen molar-refractivity contribution in [2.45, 2.75) is 26.2 Å². The molecule has 0 aliphatic carbocycles. The topological polar surface area (TPSA) is 99.0 Å². The van der Waals surface area contributed by atoms with Crippen LogP contribution in [0.2, 0.25) is 0 Å². The normalized spacial score (nSPS) is 16.4. The number of aromatic nitrogens is 2. The van der Waals surface area contributed by atoms with Gasteiger partial charge in [-0.1, -0.05) is 26.0 Å². The second-order valence-corrected chi connectivity index (χ2v) is 6.96. The van der Waals surface area contributed by atoms with Gasteiger partial charge in [0.25, 0.3) is 0 Å². The Balaban J connectivity index is 1.57. The molecule has 0 bridgehead atoms. The fraction of sp³-hybridized carbons (Fsp3) is 0.350. The van der Waals surface area contributed by atoms with Crippen molar-refractivity contribution < 1.29 is 9.59 Å². The van der Waals surface area contributed by atoms with E-state index in [1.165, 1.54) is 5.56 Å². The summed E-state index contributed by atoms with van der Waals surface area (Å²) >= 11 is 0. The van der Waals surface area contributed by atoms with Crippen molar-refractivity contribution >= 4 is 23.2 Å². The first kappa shape index (κ1) is 18.5. The molecule has 1 aliphatic heterocycles. The fourth-order valence-corrected chi connectivity index (χ4v) is 3.04. The molecular weight excluding hydrogens is 342 g/mol. The molecule has 7 heteroatoms. The van der Waals surface area contributed by atoms with Crippen LogP contribution in [0.1, 0.15) is 37.4 Å². The van der Waals surface area contributed by atoms with Gasteiger partial charge in [0.05, 0.1) is 6.54 Å². The largest absolute Gasteiger partial charge is 0.347 e. The lowest BCUT2D eigenvalue weighted by atomic mass is 10.0. The SMILES string of the molecule is CC(C)c1ccc(NC(=O)CC2CN(c3ccc(C#N)nn3)CC2=O)cc1. The molecule has 1 saturated heterocycles. The monoisotopic (exact) mass is 363 g/mol. The highest BCUT2D eigenvalue weighted by atomic mass is 16.2. The van der Waals surface area contributed by atoms with Crippen LogP contribution in [0.5, 0.6) is 0 Å². The molecule has 27 heavy (non-hydrogen) atoms. The first-order chi connectivity index (χ1) is 13.0. The highest BCUT2D eigenvalue weighted by Crippen LogP contribution is 2.23. The summed E-state index contributed by atoms with van der Waals surface area (Å²) in [4.78, 5) is 26.4. The number of nitrogens with one attached hydrogen (secondary N) is 1. The van der Waals surface area contributed by atoms with Gasteiger partial charge in [0, 0.05) is 24.6 Å². The van der Waals surface area contributed by atoms with Gasteiger partial charge in [-0.3, -0.25) is 9.59 Å². The first-order valence-corrected chi connectivity index (χ1v) is 8.87. The molecule has 0 radical (unpaired) electrons. The van der Waals surface area contributed by atoms with E-state index in [1.807, 2.05) is 30.3 Å². The van der Waals surface area contributed by atoms with Crippen molar-refractivity contribution in [1.82, 2.24) is 10.2 Å². The molecule has 1 aliphatic rings. The highest BCUT2D eigenvalue weighted by molar-refractivity contribution is 5.97. The summed E-state index contributed by atoms with van der Waals surface area (Å²) in [6.45, 7) is 4.84. The number of nitrogens with zero attached hydrogens (tertiary/aromatic N) is 4. The molecule has 2 aromatic rings. The van der Waals surface area contributed by atoms with E-state index in [0.29, 0.717) is 18.3 Å². The molecule has 1 fully saturated rings. The van der Waals surface area contributed by atoms with Crippen molar-refractivity contribution in [3.63, 3.8) is 0 Å². The van der Waals surface area contributed by atoms with Gasteiger partial charge >= 0.3 is 0 Å². The van der Waals surface area contributed by atoms with Gasteiger partial charge in [-0.25, -0.2) is 0 Å². The summed E-state index contributed by atoms with van der Waals surface area (Å²) in [7, 11) is 0. The Morgan fingerprint density at radius 2 is 2.00 bits per heavy atom. The Labute approximate surface area is 158 Å². The number of nitriles is 1. The molecule has 2 heterocycles. The summed E-state index contributed by atoms with van der Waals surface area (Å²) in [5, 5.41) is 19.4. The molecule has 1 amide bonds. The van der Waals surface area contributed by atoms with Crippen LogP contribution >= 0.6 is 0 Å². The molecule has 1 unspecified atom stereocenters. The van der Waals surface area contributed by atoms with Crippen molar-refractivity contribution in [2.75, 3.05) is 23.3 Å². The Morgan fingerprint density at radius 1 is 1.26 bits per heavy atom. The van der Waals surface area contributed by atoms with Crippen LogP contribution in [0.3, 0.4) is 0 Å². The van der Waals surface area contributed by atoms with Gasteiger partial charge in [-0.05, 0) is 35.7 Å². The molecule has 3 rings (SSSR count). The summed E-state index contributed by atoms with van der Waals surface area (Å²) in [6, 6.07) is 12.9. The van der Waals surface area contributed by atoms with Gasteiger partial charge in [-0.2, -0.15) is 5.26 Å². The molecule has 138 valence electrons. The number of carbonyl (C=O) groups excluding carboxylic acids is 2. The van der Waals surface area contributed by atoms with Gasteiger partial charge in [0.1, 0.15) is 6.07 Å².